The highest BCUT2D eigenvalue weighted by atomic mass is 28.3. The monoisotopic (exact) mass is 462 g/mol. The Morgan fingerprint density at radius 1 is 0.457 bits per heavy atom. The Morgan fingerprint density at radius 3 is 1.11 bits per heavy atom. The summed E-state index contributed by atoms with van der Waals surface area (Å²) in [6.07, 6.45) is 11.3. The number of hydrogen-bond acceptors (Lipinski definition) is 0. The third-order valence-corrected chi connectivity index (χ3v) is 10.4. The van der Waals surface area contributed by atoms with E-state index in [1.807, 2.05) is 0 Å². The minimum Gasteiger partial charge on any atom is -0.115 e. The predicted molar refractivity (Wildman–Crippen MR) is 153 cm³/mol. The van der Waals surface area contributed by atoms with E-state index in [0.29, 0.717) is 0 Å². The number of benzene rings is 4. The summed E-state index contributed by atoms with van der Waals surface area (Å²) in [4.78, 5) is 0. The lowest BCUT2D eigenvalue weighted by molar-refractivity contribution is 1.57. The van der Waals surface area contributed by atoms with E-state index in [4.69, 9.17) is 12.8 Å². The summed E-state index contributed by atoms with van der Waals surface area (Å²) >= 11 is 0. The highest BCUT2D eigenvalue weighted by Crippen LogP contribution is 2.55. The first-order chi connectivity index (χ1) is 17.0. The van der Waals surface area contributed by atoms with E-state index < -0.39 is 8.07 Å². The largest absolute Gasteiger partial charge is 0.115 e. The summed E-state index contributed by atoms with van der Waals surface area (Å²) in [5.41, 5.74) is 9.38. The van der Waals surface area contributed by atoms with E-state index >= 15 is 0 Å². The van der Waals surface area contributed by atoms with Crippen molar-refractivity contribution in [2.45, 2.75) is 13.1 Å². The highest BCUT2D eigenvalue weighted by Gasteiger charge is 2.43. The van der Waals surface area contributed by atoms with Gasteiger partial charge in [0.1, 0.15) is 8.07 Å². The molecule has 0 nitrogen and oxygen atoms in total. The Kier molecular flexibility index (Phi) is 5.88. The van der Waals surface area contributed by atoms with Crippen molar-refractivity contribution in [1.82, 2.24) is 0 Å². The van der Waals surface area contributed by atoms with Gasteiger partial charge in [0.05, 0.1) is 0 Å². The molecule has 1 aliphatic rings. The van der Waals surface area contributed by atoms with Crippen molar-refractivity contribution in [1.29, 1.82) is 0 Å². The molecule has 5 rings (SSSR count). The van der Waals surface area contributed by atoms with Gasteiger partial charge >= 0.3 is 0 Å². The SMILES string of the molecule is C#Cc1ccc(C2=C(c3ccccc3)C(c3ccccc3)=C(c3ccc(C#C)cc3)[Si]2(C)C)cc1. The zero-order valence-electron chi connectivity index (χ0n) is 20.0. The molecule has 0 spiro atoms. The summed E-state index contributed by atoms with van der Waals surface area (Å²) in [6, 6.07) is 38.5. The van der Waals surface area contributed by atoms with Crippen LogP contribution in [0.25, 0.3) is 21.5 Å². The van der Waals surface area contributed by atoms with Crippen LogP contribution in [-0.2, 0) is 0 Å². The predicted octanol–water partition coefficient (Wildman–Crippen LogP) is 7.97. The van der Waals surface area contributed by atoms with Crippen LogP contribution in [0.3, 0.4) is 0 Å². The zero-order valence-corrected chi connectivity index (χ0v) is 21.0. The van der Waals surface area contributed by atoms with Gasteiger partial charge < -0.3 is 0 Å². The number of hydrogen-bond donors (Lipinski definition) is 0. The first-order valence-electron chi connectivity index (χ1n) is 11.8. The van der Waals surface area contributed by atoms with Crippen LogP contribution in [0.2, 0.25) is 13.1 Å². The molecule has 0 atom stereocenters. The van der Waals surface area contributed by atoms with Gasteiger partial charge in [-0.2, -0.15) is 0 Å². The van der Waals surface area contributed by atoms with Crippen molar-refractivity contribution in [3.8, 4) is 24.7 Å². The molecule has 4 aromatic rings. The second kappa shape index (κ2) is 9.15. The summed E-state index contributed by atoms with van der Waals surface area (Å²) in [5, 5.41) is 2.87. The van der Waals surface area contributed by atoms with Crippen molar-refractivity contribution in [2.24, 2.45) is 0 Å². The minimum absolute atomic E-state index is 0.898. The minimum atomic E-state index is -2.17. The van der Waals surface area contributed by atoms with Crippen molar-refractivity contribution in [2.75, 3.05) is 0 Å². The van der Waals surface area contributed by atoms with Crippen molar-refractivity contribution >= 4 is 29.6 Å². The van der Waals surface area contributed by atoms with E-state index in [-0.39, 0.29) is 0 Å². The summed E-state index contributed by atoms with van der Waals surface area (Å²) in [5.74, 6) is 5.51. The van der Waals surface area contributed by atoms with Crippen LogP contribution < -0.4 is 0 Å². The van der Waals surface area contributed by atoms with Gasteiger partial charge in [-0.1, -0.05) is 110 Å². The summed E-state index contributed by atoms with van der Waals surface area (Å²) in [6.45, 7) is 4.92. The molecule has 1 aliphatic heterocycles. The van der Waals surface area contributed by atoms with E-state index in [2.05, 4.69) is 134 Å². The van der Waals surface area contributed by atoms with Gasteiger partial charge in [-0.15, -0.1) is 12.8 Å². The van der Waals surface area contributed by atoms with Crippen LogP contribution >= 0.6 is 0 Å². The van der Waals surface area contributed by atoms with Crippen molar-refractivity contribution in [3.63, 3.8) is 0 Å². The van der Waals surface area contributed by atoms with Gasteiger partial charge in [-0.25, -0.2) is 0 Å². The maximum Gasteiger partial charge on any atom is 0.115 e. The lowest BCUT2D eigenvalue weighted by atomic mass is 9.89. The Morgan fingerprint density at radius 2 is 0.800 bits per heavy atom. The molecular weight excluding hydrogens is 436 g/mol. The molecule has 0 radical (unpaired) electrons. The van der Waals surface area contributed by atoms with E-state index in [1.165, 1.54) is 43.8 Å². The molecule has 0 saturated carbocycles. The fourth-order valence-corrected chi connectivity index (χ4v) is 9.08. The molecule has 35 heavy (non-hydrogen) atoms. The molecule has 0 bridgehead atoms. The molecule has 0 N–H and O–H groups in total. The van der Waals surface area contributed by atoms with E-state index in [1.54, 1.807) is 0 Å². The maximum absolute atomic E-state index is 5.67. The topological polar surface area (TPSA) is 0 Å². The molecule has 1 heterocycles. The molecule has 0 unspecified atom stereocenters. The van der Waals surface area contributed by atoms with Crippen LogP contribution in [0.1, 0.15) is 33.4 Å². The fraction of sp³-hybridized carbons (Fsp3) is 0.0588. The Hall–Kier alpha value is -4.30. The Bertz CT molecular complexity index is 1400. The number of terminal acetylenes is 2. The van der Waals surface area contributed by atoms with Crippen LogP contribution in [0.4, 0.5) is 0 Å². The molecule has 166 valence electrons. The Labute approximate surface area is 209 Å². The van der Waals surface area contributed by atoms with Gasteiger partial charge in [0, 0.05) is 11.1 Å². The summed E-state index contributed by atoms with van der Waals surface area (Å²) in [7, 11) is -2.17. The van der Waals surface area contributed by atoms with Gasteiger partial charge in [0.15, 0.2) is 0 Å². The smallest absolute Gasteiger partial charge is 0.115 e. The molecular formula is C34H26Si. The number of rotatable bonds is 4. The average molecular weight is 463 g/mol. The Balaban J connectivity index is 1.88. The lowest BCUT2D eigenvalue weighted by Gasteiger charge is -2.26. The molecule has 1 heteroatoms. The molecule has 0 saturated heterocycles. The molecule has 0 aromatic heterocycles. The van der Waals surface area contributed by atoms with Crippen LogP contribution in [0.5, 0.6) is 0 Å². The van der Waals surface area contributed by atoms with Crippen molar-refractivity contribution < 1.29 is 0 Å². The van der Waals surface area contributed by atoms with Crippen LogP contribution in [-0.4, -0.2) is 8.07 Å². The molecule has 0 aliphatic carbocycles. The van der Waals surface area contributed by atoms with Gasteiger partial charge in [0.25, 0.3) is 0 Å². The van der Waals surface area contributed by atoms with Crippen LogP contribution in [0.15, 0.2) is 109 Å². The van der Waals surface area contributed by atoms with E-state index in [0.717, 1.165) is 11.1 Å². The van der Waals surface area contributed by atoms with Gasteiger partial charge in [-0.05, 0) is 68.1 Å². The van der Waals surface area contributed by atoms with Crippen molar-refractivity contribution in [3.05, 3.63) is 143 Å². The second-order valence-corrected chi connectivity index (χ2v) is 13.6. The second-order valence-electron chi connectivity index (χ2n) is 9.30. The molecule has 0 amide bonds. The fourth-order valence-electron chi connectivity index (χ4n) is 5.26. The van der Waals surface area contributed by atoms with Gasteiger partial charge in [0.2, 0.25) is 0 Å². The first-order valence-corrected chi connectivity index (χ1v) is 14.8. The standard InChI is InChI=1S/C34H26Si/c1-5-25-17-21-29(22-18-25)33-31(27-13-9-7-10-14-27)32(28-15-11-8-12-16-28)34(35(33,3)4)30-23-19-26(6-2)20-24-30/h1-2,7-24H,3-4H3. The quantitative estimate of drug-likeness (QED) is 0.213. The first kappa shape index (κ1) is 22.5. The zero-order chi connectivity index (χ0) is 24.4. The third-order valence-electron chi connectivity index (χ3n) is 6.81. The maximum atomic E-state index is 5.67. The average Bonchev–Trinajstić information content (AvgIpc) is 3.16. The third kappa shape index (κ3) is 3.98. The summed E-state index contributed by atoms with van der Waals surface area (Å²) < 4.78 is 0. The van der Waals surface area contributed by atoms with Gasteiger partial charge in [-0.3, -0.25) is 0 Å². The lowest BCUT2D eigenvalue weighted by Crippen LogP contribution is -2.28. The molecule has 4 aromatic carbocycles. The number of allylic oxidation sites excluding steroid dienone is 2. The molecule has 0 fully saturated rings. The normalized spacial score (nSPS) is 14.5. The van der Waals surface area contributed by atoms with E-state index in [9.17, 15) is 0 Å². The van der Waals surface area contributed by atoms with Crippen LogP contribution in [0, 0.1) is 24.7 Å². The highest BCUT2D eigenvalue weighted by molar-refractivity contribution is 7.13.